The molecule has 3 rings (SSSR count). The number of methoxy groups -OCH3 is 1. The number of halogens is 1. The quantitative estimate of drug-likeness (QED) is 0.788. The Morgan fingerprint density at radius 2 is 2.40 bits per heavy atom. The van der Waals surface area contributed by atoms with E-state index < -0.39 is 0 Å². The average molecular weight is 311 g/mol. The minimum atomic E-state index is 0.609. The maximum absolute atomic E-state index is 5.93. The number of thioether (sulfide) groups is 1. The van der Waals surface area contributed by atoms with E-state index in [4.69, 9.17) is 21.3 Å². The van der Waals surface area contributed by atoms with Crippen LogP contribution >= 0.6 is 23.4 Å². The second-order valence-corrected chi connectivity index (χ2v) is 6.85. The van der Waals surface area contributed by atoms with Crippen molar-refractivity contribution in [1.29, 1.82) is 0 Å². The van der Waals surface area contributed by atoms with E-state index in [9.17, 15) is 0 Å². The Balaban J connectivity index is 2.01. The maximum atomic E-state index is 5.93. The predicted octanol–water partition coefficient (Wildman–Crippen LogP) is 3.72. The standard InChI is InChI=1S/C15H19ClN2OS/c1-19-11-4-5-13-14(9-11)18(15(17-13)6-7-16)10-12-3-2-8-20-12/h4-5,9,12H,2-3,6-8,10H2,1H3. The van der Waals surface area contributed by atoms with Crippen LogP contribution in [0.1, 0.15) is 18.7 Å². The molecule has 0 aliphatic carbocycles. The van der Waals surface area contributed by atoms with Crippen LogP contribution in [-0.2, 0) is 13.0 Å². The zero-order valence-corrected chi connectivity index (χ0v) is 13.2. The van der Waals surface area contributed by atoms with Gasteiger partial charge in [0.15, 0.2) is 0 Å². The summed E-state index contributed by atoms with van der Waals surface area (Å²) in [6.45, 7) is 1.03. The first kappa shape index (κ1) is 14.1. The monoisotopic (exact) mass is 310 g/mol. The topological polar surface area (TPSA) is 27.1 Å². The van der Waals surface area contributed by atoms with Gasteiger partial charge in [-0.3, -0.25) is 0 Å². The number of hydrogen-bond donors (Lipinski definition) is 0. The van der Waals surface area contributed by atoms with E-state index in [0.717, 1.165) is 35.6 Å². The van der Waals surface area contributed by atoms with Gasteiger partial charge in [0.1, 0.15) is 11.6 Å². The Labute approximate surface area is 128 Å². The van der Waals surface area contributed by atoms with Crippen LogP contribution in [-0.4, -0.2) is 33.5 Å². The van der Waals surface area contributed by atoms with Crippen molar-refractivity contribution in [3.8, 4) is 5.75 Å². The number of alkyl halides is 1. The van der Waals surface area contributed by atoms with Gasteiger partial charge < -0.3 is 9.30 Å². The molecule has 0 bridgehead atoms. The highest BCUT2D eigenvalue weighted by molar-refractivity contribution is 8.00. The predicted molar refractivity (Wildman–Crippen MR) is 86.2 cm³/mol. The van der Waals surface area contributed by atoms with Crippen LogP contribution in [0.3, 0.4) is 0 Å². The first-order valence-electron chi connectivity index (χ1n) is 7.02. The Morgan fingerprint density at radius 1 is 1.50 bits per heavy atom. The molecule has 1 aliphatic rings. The van der Waals surface area contributed by atoms with E-state index in [1.54, 1.807) is 7.11 Å². The second kappa shape index (κ2) is 6.27. The molecule has 1 fully saturated rings. The molecule has 0 spiro atoms. The number of fused-ring (bicyclic) bond motifs is 1. The van der Waals surface area contributed by atoms with Gasteiger partial charge in [-0.2, -0.15) is 11.8 Å². The molecular weight excluding hydrogens is 292 g/mol. The van der Waals surface area contributed by atoms with Crippen LogP contribution in [0.4, 0.5) is 0 Å². The van der Waals surface area contributed by atoms with Crippen LogP contribution in [0.15, 0.2) is 18.2 Å². The molecule has 3 nitrogen and oxygen atoms in total. The number of benzene rings is 1. The lowest BCUT2D eigenvalue weighted by atomic mass is 10.2. The first-order chi connectivity index (χ1) is 9.81. The molecule has 0 amide bonds. The number of aryl methyl sites for hydroxylation is 1. The van der Waals surface area contributed by atoms with Gasteiger partial charge in [-0.1, -0.05) is 0 Å². The molecule has 2 aromatic rings. The minimum Gasteiger partial charge on any atom is -0.497 e. The van der Waals surface area contributed by atoms with Gasteiger partial charge in [-0.15, -0.1) is 11.6 Å². The van der Waals surface area contributed by atoms with Gasteiger partial charge in [0, 0.05) is 30.2 Å². The molecular formula is C15H19ClN2OS. The molecule has 0 N–H and O–H groups in total. The smallest absolute Gasteiger partial charge is 0.121 e. The Morgan fingerprint density at radius 3 is 3.10 bits per heavy atom. The summed E-state index contributed by atoms with van der Waals surface area (Å²) in [4.78, 5) is 4.73. The maximum Gasteiger partial charge on any atom is 0.121 e. The van der Waals surface area contributed by atoms with E-state index >= 15 is 0 Å². The van der Waals surface area contributed by atoms with E-state index in [2.05, 4.69) is 22.4 Å². The highest BCUT2D eigenvalue weighted by Gasteiger charge is 2.19. The van der Waals surface area contributed by atoms with Crippen LogP contribution < -0.4 is 4.74 Å². The molecule has 1 atom stereocenters. The minimum absolute atomic E-state index is 0.609. The summed E-state index contributed by atoms with van der Waals surface area (Å²) in [5.41, 5.74) is 2.20. The van der Waals surface area contributed by atoms with E-state index in [1.165, 1.54) is 18.6 Å². The summed E-state index contributed by atoms with van der Waals surface area (Å²) in [6.07, 6.45) is 3.45. The first-order valence-corrected chi connectivity index (χ1v) is 8.61. The molecule has 20 heavy (non-hydrogen) atoms. The third-order valence-electron chi connectivity index (χ3n) is 3.76. The van der Waals surface area contributed by atoms with Crippen molar-refractivity contribution < 1.29 is 4.74 Å². The molecule has 2 heterocycles. The summed E-state index contributed by atoms with van der Waals surface area (Å²) in [6, 6.07) is 6.08. The molecule has 1 aliphatic heterocycles. The lowest BCUT2D eigenvalue weighted by molar-refractivity contribution is 0.415. The lowest BCUT2D eigenvalue weighted by Gasteiger charge is -2.13. The van der Waals surface area contributed by atoms with Gasteiger partial charge in [0.05, 0.1) is 18.1 Å². The van der Waals surface area contributed by atoms with Gasteiger partial charge >= 0.3 is 0 Å². The largest absolute Gasteiger partial charge is 0.497 e. The molecule has 1 aromatic carbocycles. The Bertz CT molecular complexity index is 593. The van der Waals surface area contributed by atoms with Crippen molar-refractivity contribution in [2.75, 3.05) is 18.7 Å². The lowest BCUT2D eigenvalue weighted by Crippen LogP contribution is -2.13. The number of ether oxygens (including phenoxy) is 1. The summed E-state index contributed by atoms with van der Waals surface area (Å²) in [7, 11) is 1.70. The summed E-state index contributed by atoms with van der Waals surface area (Å²) < 4.78 is 7.68. The van der Waals surface area contributed by atoms with E-state index in [-0.39, 0.29) is 0 Å². The molecule has 5 heteroatoms. The third-order valence-corrected chi connectivity index (χ3v) is 5.33. The molecule has 1 saturated heterocycles. The zero-order valence-electron chi connectivity index (χ0n) is 11.6. The Hall–Kier alpha value is -0.870. The van der Waals surface area contributed by atoms with Crippen molar-refractivity contribution in [3.05, 3.63) is 24.0 Å². The number of rotatable bonds is 5. The fourth-order valence-corrected chi connectivity index (χ4v) is 4.17. The molecule has 0 saturated carbocycles. The van der Waals surface area contributed by atoms with Crippen LogP contribution in [0.5, 0.6) is 5.75 Å². The second-order valence-electron chi connectivity index (χ2n) is 5.07. The van der Waals surface area contributed by atoms with Crippen LogP contribution in [0.2, 0.25) is 0 Å². The SMILES string of the molecule is COc1ccc2nc(CCCl)n(CC3CCCS3)c2c1. The zero-order chi connectivity index (χ0) is 13.9. The van der Waals surface area contributed by atoms with Crippen molar-refractivity contribution in [2.45, 2.75) is 31.1 Å². The van der Waals surface area contributed by atoms with Crippen molar-refractivity contribution in [1.82, 2.24) is 9.55 Å². The van der Waals surface area contributed by atoms with Gasteiger partial charge in [-0.05, 0) is 30.7 Å². The van der Waals surface area contributed by atoms with E-state index in [0.29, 0.717) is 11.1 Å². The van der Waals surface area contributed by atoms with E-state index in [1.807, 2.05) is 12.1 Å². The molecule has 108 valence electrons. The van der Waals surface area contributed by atoms with Crippen molar-refractivity contribution in [2.24, 2.45) is 0 Å². The highest BCUT2D eigenvalue weighted by Crippen LogP contribution is 2.30. The summed E-state index contributed by atoms with van der Waals surface area (Å²) in [5, 5.41) is 0.702. The van der Waals surface area contributed by atoms with Crippen molar-refractivity contribution in [3.63, 3.8) is 0 Å². The number of imidazole rings is 1. The number of aromatic nitrogens is 2. The molecule has 0 radical (unpaired) electrons. The van der Waals surface area contributed by atoms with Crippen LogP contribution in [0, 0.1) is 0 Å². The Kier molecular flexibility index (Phi) is 4.41. The number of hydrogen-bond acceptors (Lipinski definition) is 3. The summed E-state index contributed by atoms with van der Waals surface area (Å²) >= 11 is 8.00. The van der Waals surface area contributed by atoms with Gasteiger partial charge in [0.25, 0.3) is 0 Å². The fourth-order valence-electron chi connectivity index (χ4n) is 2.75. The van der Waals surface area contributed by atoms with Crippen LogP contribution in [0.25, 0.3) is 11.0 Å². The van der Waals surface area contributed by atoms with Gasteiger partial charge in [-0.25, -0.2) is 4.98 Å². The van der Waals surface area contributed by atoms with Gasteiger partial charge in [0.2, 0.25) is 0 Å². The fraction of sp³-hybridized carbons (Fsp3) is 0.533. The third kappa shape index (κ3) is 2.77. The molecule has 1 aromatic heterocycles. The summed E-state index contributed by atoms with van der Waals surface area (Å²) in [5.74, 6) is 3.87. The normalized spacial score (nSPS) is 18.8. The average Bonchev–Trinajstić information content (AvgIpc) is 3.08. The number of nitrogens with zero attached hydrogens (tertiary/aromatic N) is 2. The highest BCUT2D eigenvalue weighted by atomic mass is 35.5. The van der Waals surface area contributed by atoms with Crippen molar-refractivity contribution >= 4 is 34.4 Å². The molecule has 1 unspecified atom stereocenters.